The predicted molar refractivity (Wildman–Crippen MR) is 127 cm³/mol. The standard InChI is InChI=1S/C19H25BrN6O.HI/c1-2-21-18(24-9-14-27-17-6-3-5-16(20)15-17)25-10-12-26(13-11-25)19-22-7-4-8-23-19;/h3-8,15H,2,9-14H2,1H3,(H,21,24);1H. The Morgan fingerprint density at radius 2 is 1.93 bits per heavy atom. The third kappa shape index (κ3) is 6.77. The van der Waals surface area contributed by atoms with Crippen molar-refractivity contribution in [1.29, 1.82) is 0 Å². The first-order chi connectivity index (χ1) is 13.3. The summed E-state index contributed by atoms with van der Waals surface area (Å²) in [4.78, 5) is 17.9. The van der Waals surface area contributed by atoms with Gasteiger partial charge in [-0.2, -0.15) is 0 Å². The first kappa shape index (κ1) is 22.7. The normalized spacial score (nSPS) is 14.4. The Kier molecular flexibility index (Phi) is 9.76. The highest BCUT2D eigenvalue weighted by Crippen LogP contribution is 2.17. The van der Waals surface area contributed by atoms with Gasteiger partial charge in [0.1, 0.15) is 12.4 Å². The van der Waals surface area contributed by atoms with Gasteiger partial charge in [-0.3, -0.25) is 0 Å². The SMILES string of the molecule is CCNC(=NCCOc1cccc(Br)c1)N1CCN(c2ncccn2)CC1.I. The third-order valence-corrected chi connectivity index (χ3v) is 4.66. The van der Waals surface area contributed by atoms with E-state index in [1.54, 1.807) is 12.4 Å². The number of nitrogens with zero attached hydrogens (tertiary/aromatic N) is 5. The van der Waals surface area contributed by atoms with Crippen molar-refractivity contribution in [2.45, 2.75) is 6.92 Å². The van der Waals surface area contributed by atoms with E-state index in [1.807, 2.05) is 30.3 Å². The summed E-state index contributed by atoms with van der Waals surface area (Å²) < 4.78 is 6.78. The molecule has 0 aliphatic carbocycles. The number of ether oxygens (including phenoxy) is 1. The van der Waals surface area contributed by atoms with E-state index in [2.05, 4.69) is 47.9 Å². The van der Waals surface area contributed by atoms with Gasteiger partial charge in [0.05, 0.1) is 6.54 Å². The zero-order valence-corrected chi connectivity index (χ0v) is 19.8. The lowest BCUT2D eigenvalue weighted by Gasteiger charge is -2.36. The molecule has 2 aromatic rings. The summed E-state index contributed by atoms with van der Waals surface area (Å²) in [5, 5.41) is 3.38. The minimum Gasteiger partial charge on any atom is -0.492 e. The number of guanidine groups is 1. The van der Waals surface area contributed by atoms with E-state index in [0.29, 0.717) is 13.2 Å². The van der Waals surface area contributed by atoms with E-state index in [1.165, 1.54) is 0 Å². The number of rotatable bonds is 6. The molecule has 1 aliphatic heterocycles. The Morgan fingerprint density at radius 3 is 2.61 bits per heavy atom. The van der Waals surface area contributed by atoms with Gasteiger partial charge in [0.2, 0.25) is 5.95 Å². The van der Waals surface area contributed by atoms with Gasteiger partial charge in [0.25, 0.3) is 0 Å². The minimum absolute atomic E-state index is 0. The maximum absolute atomic E-state index is 5.77. The first-order valence-corrected chi connectivity index (χ1v) is 9.99. The molecule has 0 atom stereocenters. The maximum atomic E-state index is 5.77. The van der Waals surface area contributed by atoms with Gasteiger partial charge in [-0.1, -0.05) is 22.0 Å². The molecule has 0 radical (unpaired) electrons. The van der Waals surface area contributed by atoms with Crippen molar-refractivity contribution in [3.05, 3.63) is 47.2 Å². The van der Waals surface area contributed by atoms with Crippen LogP contribution in [0.15, 0.2) is 52.2 Å². The molecule has 2 heterocycles. The number of benzene rings is 1. The Balaban J connectivity index is 0.00000280. The fourth-order valence-corrected chi connectivity index (χ4v) is 3.25. The van der Waals surface area contributed by atoms with Crippen LogP contribution in [-0.4, -0.2) is 66.7 Å². The quantitative estimate of drug-likeness (QED) is 0.254. The molecule has 1 aliphatic rings. The van der Waals surface area contributed by atoms with Crippen molar-refractivity contribution in [2.75, 3.05) is 50.8 Å². The van der Waals surface area contributed by atoms with Crippen molar-refractivity contribution < 1.29 is 4.74 Å². The van der Waals surface area contributed by atoms with Crippen LogP contribution in [0.25, 0.3) is 0 Å². The summed E-state index contributed by atoms with van der Waals surface area (Å²) in [5.74, 6) is 2.58. The molecule has 1 aromatic heterocycles. The molecular weight excluding hydrogens is 535 g/mol. The molecule has 1 N–H and O–H groups in total. The van der Waals surface area contributed by atoms with Crippen molar-refractivity contribution in [3.63, 3.8) is 0 Å². The Bertz CT molecular complexity index is 740. The van der Waals surface area contributed by atoms with E-state index >= 15 is 0 Å². The third-order valence-electron chi connectivity index (χ3n) is 4.17. The van der Waals surface area contributed by atoms with E-state index in [9.17, 15) is 0 Å². The molecule has 0 bridgehead atoms. The number of nitrogens with one attached hydrogen (secondary N) is 1. The van der Waals surface area contributed by atoms with Gasteiger partial charge < -0.3 is 19.9 Å². The average Bonchev–Trinajstić information content (AvgIpc) is 2.71. The van der Waals surface area contributed by atoms with Crippen LogP contribution in [0, 0.1) is 0 Å². The van der Waals surface area contributed by atoms with Crippen LogP contribution in [0.3, 0.4) is 0 Å². The number of hydrogen-bond donors (Lipinski definition) is 1. The average molecular weight is 561 g/mol. The summed E-state index contributed by atoms with van der Waals surface area (Å²) in [6.45, 7) is 7.61. The number of hydrogen-bond acceptors (Lipinski definition) is 5. The number of piperazine rings is 1. The van der Waals surface area contributed by atoms with Crippen LogP contribution >= 0.6 is 39.9 Å². The van der Waals surface area contributed by atoms with Crippen LogP contribution in [0.5, 0.6) is 5.75 Å². The molecule has 3 rings (SSSR count). The van der Waals surface area contributed by atoms with E-state index in [0.717, 1.165) is 54.9 Å². The molecule has 0 saturated carbocycles. The molecule has 0 spiro atoms. The van der Waals surface area contributed by atoms with Gasteiger partial charge in [-0.25, -0.2) is 15.0 Å². The van der Waals surface area contributed by atoms with Gasteiger partial charge in [0.15, 0.2) is 5.96 Å². The van der Waals surface area contributed by atoms with Crippen molar-refractivity contribution in [2.24, 2.45) is 4.99 Å². The van der Waals surface area contributed by atoms with Gasteiger partial charge in [0, 0.05) is 49.6 Å². The number of halogens is 2. The van der Waals surface area contributed by atoms with Crippen LogP contribution in [0.1, 0.15) is 6.92 Å². The molecule has 152 valence electrons. The van der Waals surface area contributed by atoms with Crippen LogP contribution in [-0.2, 0) is 0 Å². The van der Waals surface area contributed by atoms with E-state index in [4.69, 9.17) is 9.73 Å². The van der Waals surface area contributed by atoms with Gasteiger partial charge in [-0.05, 0) is 31.2 Å². The lowest BCUT2D eigenvalue weighted by Crippen LogP contribution is -2.53. The number of aromatic nitrogens is 2. The molecular formula is C19H26BrIN6O. The van der Waals surface area contributed by atoms with Gasteiger partial charge in [-0.15, -0.1) is 24.0 Å². The number of anilines is 1. The second-order valence-corrected chi connectivity index (χ2v) is 6.98. The van der Waals surface area contributed by atoms with Crippen LogP contribution in [0.2, 0.25) is 0 Å². The highest BCUT2D eigenvalue weighted by Gasteiger charge is 2.20. The topological polar surface area (TPSA) is 65.9 Å². The highest BCUT2D eigenvalue weighted by atomic mass is 127. The molecule has 1 saturated heterocycles. The Labute approximate surface area is 191 Å². The smallest absolute Gasteiger partial charge is 0.225 e. The lowest BCUT2D eigenvalue weighted by atomic mass is 10.3. The fraction of sp³-hybridized carbons (Fsp3) is 0.421. The monoisotopic (exact) mass is 560 g/mol. The largest absolute Gasteiger partial charge is 0.492 e. The molecule has 1 aromatic carbocycles. The summed E-state index contributed by atoms with van der Waals surface area (Å²) in [7, 11) is 0. The van der Waals surface area contributed by atoms with Crippen LogP contribution in [0.4, 0.5) is 5.95 Å². The molecule has 1 fully saturated rings. The molecule has 28 heavy (non-hydrogen) atoms. The van der Waals surface area contributed by atoms with Crippen LogP contribution < -0.4 is 15.0 Å². The zero-order chi connectivity index (χ0) is 18.9. The Hall–Kier alpha value is -1.62. The molecule has 0 amide bonds. The molecule has 7 nitrogen and oxygen atoms in total. The highest BCUT2D eigenvalue weighted by molar-refractivity contribution is 14.0. The van der Waals surface area contributed by atoms with E-state index in [-0.39, 0.29) is 24.0 Å². The minimum atomic E-state index is 0. The van der Waals surface area contributed by atoms with Crippen molar-refractivity contribution in [1.82, 2.24) is 20.2 Å². The Morgan fingerprint density at radius 1 is 1.18 bits per heavy atom. The summed E-state index contributed by atoms with van der Waals surface area (Å²) in [5.41, 5.74) is 0. The summed E-state index contributed by atoms with van der Waals surface area (Å²) >= 11 is 3.45. The maximum Gasteiger partial charge on any atom is 0.225 e. The fourth-order valence-electron chi connectivity index (χ4n) is 2.87. The molecule has 9 heteroatoms. The van der Waals surface area contributed by atoms with Gasteiger partial charge >= 0.3 is 0 Å². The summed E-state index contributed by atoms with van der Waals surface area (Å²) in [6.07, 6.45) is 3.57. The van der Waals surface area contributed by atoms with Crippen molar-refractivity contribution >= 4 is 51.8 Å². The molecule has 0 unspecified atom stereocenters. The van der Waals surface area contributed by atoms with Crippen molar-refractivity contribution in [3.8, 4) is 5.75 Å². The van der Waals surface area contributed by atoms with E-state index < -0.39 is 0 Å². The zero-order valence-electron chi connectivity index (χ0n) is 15.9. The summed E-state index contributed by atoms with van der Waals surface area (Å²) in [6, 6.07) is 9.69. The lowest BCUT2D eigenvalue weighted by molar-refractivity contribution is 0.325. The first-order valence-electron chi connectivity index (χ1n) is 9.20. The second kappa shape index (κ2) is 12.1. The second-order valence-electron chi connectivity index (χ2n) is 6.06. The number of aliphatic imine (C=N–C) groups is 1. The predicted octanol–water partition coefficient (Wildman–Crippen LogP) is 3.02.